The van der Waals surface area contributed by atoms with Gasteiger partial charge in [0.25, 0.3) is 0 Å². The van der Waals surface area contributed by atoms with E-state index in [0.29, 0.717) is 5.75 Å². The Balaban J connectivity index is 2.04. The Morgan fingerprint density at radius 3 is 2.84 bits per heavy atom. The van der Waals surface area contributed by atoms with Crippen LogP contribution in [0.3, 0.4) is 0 Å². The maximum Gasteiger partial charge on any atom is 0.237 e. The largest absolute Gasteiger partial charge is 0.392 e. The van der Waals surface area contributed by atoms with Gasteiger partial charge in [-0.3, -0.25) is 4.79 Å². The molecule has 4 heteroatoms. The summed E-state index contributed by atoms with van der Waals surface area (Å²) in [6.45, 7) is 5.79. The van der Waals surface area contributed by atoms with E-state index in [1.54, 1.807) is 6.92 Å². The second-order valence-corrected chi connectivity index (χ2v) is 6.57. The first-order valence-corrected chi connectivity index (χ1v) is 7.75. The lowest BCUT2D eigenvalue weighted by Crippen LogP contribution is -2.37. The molecule has 1 aliphatic rings. The fourth-order valence-electron chi connectivity index (χ4n) is 2.36. The molecule has 0 bridgehead atoms. The van der Waals surface area contributed by atoms with Crippen LogP contribution in [0, 0.1) is 0 Å². The molecule has 104 valence electrons. The standard InChI is InChI=1S/C15H21NO2S/c1-10-8-13-6-4-5-7-14(13)16(10)15(18)9-19-12(3)11(2)17/h4-7,10-12,17H,8-9H2,1-3H3. The number of hydrogen-bond acceptors (Lipinski definition) is 3. The maximum atomic E-state index is 12.4. The summed E-state index contributed by atoms with van der Waals surface area (Å²) in [5.74, 6) is 0.556. The number of hydrogen-bond donors (Lipinski definition) is 1. The number of benzene rings is 1. The second kappa shape index (κ2) is 5.97. The molecule has 1 amide bonds. The normalized spacial score (nSPS) is 21.1. The van der Waals surface area contributed by atoms with Crippen LogP contribution in [0.15, 0.2) is 24.3 Å². The summed E-state index contributed by atoms with van der Waals surface area (Å²) >= 11 is 1.51. The predicted molar refractivity (Wildman–Crippen MR) is 80.7 cm³/mol. The van der Waals surface area contributed by atoms with Gasteiger partial charge in [0.2, 0.25) is 5.91 Å². The molecule has 0 radical (unpaired) electrons. The fourth-order valence-corrected chi connectivity index (χ4v) is 3.18. The van der Waals surface area contributed by atoms with Gasteiger partial charge in [-0.1, -0.05) is 25.1 Å². The van der Waals surface area contributed by atoms with Crippen molar-refractivity contribution < 1.29 is 9.90 Å². The van der Waals surface area contributed by atoms with Crippen molar-refractivity contribution in [2.75, 3.05) is 10.7 Å². The molecule has 1 aliphatic heterocycles. The molecule has 1 N–H and O–H groups in total. The van der Waals surface area contributed by atoms with E-state index in [1.165, 1.54) is 17.3 Å². The van der Waals surface area contributed by atoms with Crippen molar-refractivity contribution in [2.45, 2.75) is 44.6 Å². The third-order valence-electron chi connectivity index (χ3n) is 3.62. The molecule has 1 aromatic rings. The molecular weight excluding hydrogens is 258 g/mol. The monoisotopic (exact) mass is 279 g/mol. The summed E-state index contributed by atoms with van der Waals surface area (Å²) in [7, 11) is 0. The molecule has 0 aliphatic carbocycles. The van der Waals surface area contributed by atoms with Crippen LogP contribution in [-0.2, 0) is 11.2 Å². The number of rotatable bonds is 4. The van der Waals surface area contributed by atoms with Gasteiger partial charge in [0.05, 0.1) is 11.9 Å². The Morgan fingerprint density at radius 2 is 2.16 bits per heavy atom. The highest BCUT2D eigenvalue weighted by atomic mass is 32.2. The van der Waals surface area contributed by atoms with E-state index < -0.39 is 0 Å². The molecule has 3 nitrogen and oxygen atoms in total. The molecule has 3 atom stereocenters. The van der Waals surface area contributed by atoms with Crippen molar-refractivity contribution in [2.24, 2.45) is 0 Å². The zero-order valence-electron chi connectivity index (χ0n) is 11.7. The molecule has 1 heterocycles. The zero-order valence-corrected chi connectivity index (χ0v) is 12.5. The van der Waals surface area contributed by atoms with Crippen molar-refractivity contribution >= 4 is 23.4 Å². The smallest absolute Gasteiger partial charge is 0.237 e. The molecule has 19 heavy (non-hydrogen) atoms. The second-order valence-electron chi connectivity index (χ2n) is 5.20. The van der Waals surface area contributed by atoms with Crippen LogP contribution < -0.4 is 4.90 Å². The number of fused-ring (bicyclic) bond motifs is 1. The van der Waals surface area contributed by atoms with E-state index in [2.05, 4.69) is 13.0 Å². The molecule has 3 unspecified atom stereocenters. The van der Waals surface area contributed by atoms with Crippen LogP contribution in [0.2, 0.25) is 0 Å². The van der Waals surface area contributed by atoms with E-state index in [9.17, 15) is 9.90 Å². The summed E-state index contributed by atoms with van der Waals surface area (Å²) in [5, 5.41) is 9.54. The van der Waals surface area contributed by atoms with Crippen LogP contribution in [-0.4, -0.2) is 34.2 Å². The van der Waals surface area contributed by atoms with Crippen molar-refractivity contribution in [1.82, 2.24) is 0 Å². The number of aliphatic hydroxyl groups excluding tert-OH is 1. The molecule has 0 fully saturated rings. The number of anilines is 1. The predicted octanol–water partition coefficient (Wildman–Crippen LogP) is 2.47. The lowest BCUT2D eigenvalue weighted by Gasteiger charge is -2.23. The third-order valence-corrected chi connectivity index (χ3v) is 4.96. The lowest BCUT2D eigenvalue weighted by molar-refractivity contribution is -0.116. The Bertz CT molecular complexity index is 461. The van der Waals surface area contributed by atoms with Crippen LogP contribution in [0.1, 0.15) is 26.3 Å². The first kappa shape index (κ1) is 14.4. The molecule has 2 rings (SSSR count). The molecule has 0 aromatic heterocycles. The summed E-state index contributed by atoms with van der Waals surface area (Å²) in [6, 6.07) is 8.32. The molecule has 0 saturated heterocycles. The number of thioether (sulfide) groups is 1. The number of carbonyl (C=O) groups is 1. The summed E-state index contributed by atoms with van der Waals surface area (Å²) in [4.78, 5) is 14.3. The van der Waals surface area contributed by atoms with Crippen LogP contribution in [0.5, 0.6) is 0 Å². The van der Waals surface area contributed by atoms with Gasteiger partial charge in [0.1, 0.15) is 0 Å². The average molecular weight is 279 g/mol. The van der Waals surface area contributed by atoms with Gasteiger partial charge in [-0.2, -0.15) is 0 Å². The summed E-state index contributed by atoms with van der Waals surface area (Å²) < 4.78 is 0. The van der Waals surface area contributed by atoms with Gasteiger partial charge < -0.3 is 10.0 Å². The Kier molecular flexibility index (Phi) is 4.53. The minimum atomic E-state index is -0.388. The maximum absolute atomic E-state index is 12.4. The first-order valence-electron chi connectivity index (χ1n) is 6.70. The van der Waals surface area contributed by atoms with Crippen molar-refractivity contribution in [3.63, 3.8) is 0 Å². The highest BCUT2D eigenvalue weighted by Gasteiger charge is 2.30. The van der Waals surface area contributed by atoms with Crippen molar-refractivity contribution in [3.8, 4) is 0 Å². The SMILES string of the molecule is CC(O)C(C)SCC(=O)N1c2ccccc2CC1C. The van der Waals surface area contributed by atoms with Crippen LogP contribution in [0.25, 0.3) is 0 Å². The van der Waals surface area contributed by atoms with E-state index >= 15 is 0 Å². The average Bonchev–Trinajstić information content (AvgIpc) is 2.71. The van der Waals surface area contributed by atoms with E-state index in [1.807, 2.05) is 30.0 Å². The van der Waals surface area contributed by atoms with Crippen molar-refractivity contribution in [1.29, 1.82) is 0 Å². The number of para-hydroxylation sites is 1. The van der Waals surface area contributed by atoms with E-state index in [0.717, 1.165) is 12.1 Å². The van der Waals surface area contributed by atoms with E-state index in [-0.39, 0.29) is 23.3 Å². The number of aliphatic hydroxyl groups is 1. The molecular formula is C15H21NO2S. The number of amides is 1. The van der Waals surface area contributed by atoms with Crippen LogP contribution >= 0.6 is 11.8 Å². The molecule has 1 aromatic carbocycles. The van der Waals surface area contributed by atoms with Crippen LogP contribution in [0.4, 0.5) is 5.69 Å². The van der Waals surface area contributed by atoms with Gasteiger partial charge >= 0.3 is 0 Å². The van der Waals surface area contributed by atoms with Gasteiger partial charge in [-0.05, 0) is 31.9 Å². The Morgan fingerprint density at radius 1 is 1.47 bits per heavy atom. The molecule has 0 saturated carbocycles. The van der Waals surface area contributed by atoms with E-state index in [4.69, 9.17) is 0 Å². The fraction of sp³-hybridized carbons (Fsp3) is 0.533. The highest BCUT2D eigenvalue weighted by Crippen LogP contribution is 2.32. The lowest BCUT2D eigenvalue weighted by atomic mass is 10.1. The molecule has 0 spiro atoms. The minimum Gasteiger partial charge on any atom is -0.392 e. The highest BCUT2D eigenvalue weighted by molar-refractivity contribution is 8.00. The topological polar surface area (TPSA) is 40.5 Å². The van der Waals surface area contributed by atoms with Gasteiger partial charge in [-0.15, -0.1) is 11.8 Å². The van der Waals surface area contributed by atoms with Gasteiger partial charge in [0, 0.05) is 17.0 Å². The number of carbonyl (C=O) groups excluding carboxylic acids is 1. The quantitative estimate of drug-likeness (QED) is 0.920. The Hall–Kier alpha value is -1.00. The first-order chi connectivity index (χ1) is 9.00. The summed E-state index contributed by atoms with van der Waals surface area (Å²) in [5.41, 5.74) is 2.29. The van der Waals surface area contributed by atoms with Gasteiger partial charge in [-0.25, -0.2) is 0 Å². The zero-order chi connectivity index (χ0) is 14.0. The Labute approximate surface area is 119 Å². The van der Waals surface area contributed by atoms with Gasteiger partial charge in [0.15, 0.2) is 0 Å². The van der Waals surface area contributed by atoms with Crippen molar-refractivity contribution in [3.05, 3.63) is 29.8 Å². The summed E-state index contributed by atoms with van der Waals surface area (Å²) in [6.07, 6.45) is 0.541. The minimum absolute atomic E-state index is 0.0807. The number of nitrogens with zero attached hydrogens (tertiary/aromatic N) is 1. The third kappa shape index (κ3) is 3.12.